The summed E-state index contributed by atoms with van der Waals surface area (Å²) in [6, 6.07) is 8.31. The fourth-order valence-electron chi connectivity index (χ4n) is 3.27. The van der Waals surface area contributed by atoms with Crippen molar-refractivity contribution in [2.45, 2.75) is 31.1 Å². The average molecular weight is 286 g/mol. The van der Waals surface area contributed by atoms with Crippen molar-refractivity contribution in [2.75, 3.05) is 13.2 Å². The summed E-state index contributed by atoms with van der Waals surface area (Å²) < 4.78 is 5.79. The van der Waals surface area contributed by atoms with Crippen LogP contribution in [0.15, 0.2) is 24.3 Å². The highest BCUT2D eigenvalue weighted by molar-refractivity contribution is 7.11. The van der Waals surface area contributed by atoms with Crippen LogP contribution in [-0.2, 0) is 6.42 Å². The molecule has 2 heterocycles. The van der Waals surface area contributed by atoms with Gasteiger partial charge in [0.15, 0.2) is 0 Å². The van der Waals surface area contributed by atoms with Crippen LogP contribution in [0.3, 0.4) is 0 Å². The van der Waals surface area contributed by atoms with Gasteiger partial charge in [0.05, 0.1) is 11.6 Å². The second kappa shape index (κ2) is 4.86. The van der Waals surface area contributed by atoms with Crippen molar-refractivity contribution >= 4 is 11.3 Å². The van der Waals surface area contributed by atoms with Gasteiger partial charge in [-0.15, -0.1) is 11.3 Å². The predicted octanol–water partition coefficient (Wildman–Crippen LogP) is 3.05. The number of nitrogens with two attached hydrogens (primary N) is 1. The first kappa shape index (κ1) is 12.4. The molecule has 2 aromatic rings. The molecule has 0 bridgehead atoms. The quantitative estimate of drug-likeness (QED) is 0.923. The molecule has 2 atom stereocenters. The number of hydrogen-bond donors (Lipinski definition) is 1. The molecule has 0 amide bonds. The van der Waals surface area contributed by atoms with E-state index in [9.17, 15) is 0 Å². The van der Waals surface area contributed by atoms with Crippen molar-refractivity contribution in [3.8, 4) is 5.75 Å². The van der Waals surface area contributed by atoms with E-state index in [-0.39, 0.29) is 0 Å². The Morgan fingerprint density at radius 2 is 2.25 bits per heavy atom. The number of ether oxygens (including phenoxy) is 1. The highest BCUT2D eigenvalue weighted by atomic mass is 32.1. The van der Waals surface area contributed by atoms with Crippen LogP contribution in [0.25, 0.3) is 0 Å². The number of para-hydroxylation sites is 1. The molecule has 0 fully saturated rings. The smallest absolute Gasteiger partial charge is 0.123 e. The van der Waals surface area contributed by atoms with Gasteiger partial charge in [0, 0.05) is 22.9 Å². The number of fused-ring (bicyclic) bond motifs is 2. The monoisotopic (exact) mass is 286 g/mol. The Kier molecular flexibility index (Phi) is 3.00. The molecule has 4 rings (SSSR count). The van der Waals surface area contributed by atoms with Crippen LogP contribution >= 0.6 is 11.3 Å². The van der Waals surface area contributed by atoms with Gasteiger partial charge in [-0.3, -0.25) is 0 Å². The number of rotatable bonds is 2. The van der Waals surface area contributed by atoms with Crippen LogP contribution in [-0.4, -0.2) is 18.1 Å². The van der Waals surface area contributed by atoms with E-state index in [1.54, 1.807) is 0 Å². The van der Waals surface area contributed by atoms with E-state index >= 15 is 0 Å². The van der Waals surface area contributed by atoms with Crippen molar-refractivity contribution < 1.29 is 4.74 Å². The molecule has 20 heavy (non-hydrogen) atoms. The van der Waals surface area contributed by atoms with E-state index in [4.69, 9.17) is 15.5 Å². The second-order valence-electron chi connectivity index (χ2n) is 5.59. The van der Waals surface area contributed by atoms with Crippen LogP contribution in [0.1, 0.15) is 45.8 Å². The number of nitrogens with zero attached hydrogens (tertiary/aromatic N) is 1. The molecule has 2 aliphatic rings. The molecule has 1 aliphatic carbocycles. The Morgan fingerprint density at radius 1 is 1.35 bits per heavy atom. The Bertz CT molecular complexity index is 637. The van der Waals surface area contributed by atoms with Gasteiger partial charge in [0.1, 0.15) is 17.4 Å². The van der Waals surface area contributed by atoms with Crippen LogP contribution in [0, 0.1) is 0 Å². The summed E-state index contributed by atoms with van der Waals surface area (Å²) in [7, 11) is 0. The van der Waals surface area contributed by atoms with Gasteiger partial charge in [-0.05, 0) is 25.3 Å². The predicted molar refractivity (Wildman–Crippen MR) is 80.6 cm³/mol. The van der Waals surface area contributed by atoms with Crippen molar-refractivity contribution in [1.29, 1.82) is 0 Å². The van der Waals surface area contributed by atoms with E-state index in [2.05, 4.69) is 12.1 Å². The summed E-state index contributed by atoms with van der Waals surface area (Å²) in [5.74, 6) is 1.78. The fourth-order valence-corrected chi connectivity index (χ4v) is 4.57. The molecular formula is C16H18N2OS. The molecule has 0 radical (unpaired) electrons. The first-order chi connectivity index (χ1) is 9.86. The van der Waals surface area contributed by atoms with Crippen LogP contribution < -0.4 is 10.5 Å². The number of thiazole rings is 1. The van der Waals surface area contributed by atoms with E-state index in [0.717, 1.165) is 12.4 Å². The molecule has 4 heteroatoms. The number of benzene rings is 1. The summed E-state index contributed by atoms with van der Waals surface area (Å²) in [5, 5.41) is 1.21. The molecule has 1 aliphatic heterocycles. The van der Waals surface area contributed by atoms with Crippen molar-refractivity contribution in [1.82, 2.24) is 4.98 Å². The Hall–Kier alpha value is -1.39. The van der Waals surface area contributed by atoms with E-state index in [1.165, 1.54) is 40.4 Å². The lowest BCUT2D eigenvalue weighted by Gasteiger charge is -2.18. The number of aromatic nitrogens is 1. The molecule has 1 aromatic heterocycles. The molecule has 2 N–H and O–H groups in total. The highest BCUT2D eigenvalue weighted by Gasteiger charge is 2.31. The van der Waals surface area contributed by atoms with Gasteiger partial charge in [0.25, 0.3) is 0 Å². The lowest BCUT2D eigenvalue weighted by molar-refractivity contribution is 0.342. The van der Waals surface area contributed by atoms with Crippen molar-refractivity contribution in [3.63, 3.8) is 0 Å². The highest BCUT2D eigenvalue weighted by Crippen LogP contribution is 2.42. The summed E-state index contributed by atoms with van der Waals surface area (Å²) >= 11 is 1.87. The van der Waals surface area contributed by atoms with Crippen LogP contribution in [0.2, 0.25) is 0 Å². The lowest BCUT2D eigenvalue weighted by atomic mass is 9.91. The van der Waals surface area contributed by atoms with Crippen LogP contribution in [0.4, 0.5) is 0 Å². The maximum atomic E-state index is 5.90. The molecule has 0 spiro atoms. The molecular weight excluding hydrogens is 268 g/mol. The Balaban J connectivity index is 1.73. The van der Waals surface area contributed by atoms with Crippen molar-refractivity contribution in [3.05, 3.63) is 45.4 Å². The second-order valence-corrected chi connectivity index (χ2v) is 6.70. The topological polar surface area (TPSA) is 48.1 Å². The van der Waals surface area contributed by atoms with Crippen molar-refractivity contribution in [2.24, 2.45) is 5.73 Å². The maximum Gasteiger partial charge on any atom is 0.123 e. The van der Waals surface area contributed by atoms with E-state index < -0.39 is 0 Å². The van der Waals surface area contributed by atoms with Crippen LogP contribution in [0.5, 0.6) is 5.75 Å². The third-order valence-electron chi connectivity index (χ3n) is 4.37. The fraction of sp³-hybridized carbons (Fsp3) is 0.438. The van der Waals surface area contributed by atoms with Gasteiger partial charge < -0.3 is 10.5 Å². The minimum absolute atomic E-state index is 0.306. The lowest BCUT2D eigenvalue weighted by Crippen LogP contribution is -2.17. The molecule has 104 valence electrons. The first-order valence-corrected chi connectivity index (χ1v) is 8.09. The van der Waals surface area contributed by atoms with Gasteiger partial charge in [-0.25, -0.2) is 4.98 Å². The molecule has 2 unspecified atom stereocenters. The largest absolute Gasteiger partial charge is 0.492 e. The van der Waals surface area contributed by atoms with E-state index in [0.29, 0.717) is 18.4 Å². The molecule has 0 saturated carbocycles. The minimum atomic E-state index is 0.306. The molecule has 0 saturated heterocycles. The van der Waals surface area contributed by atoms with Gasteiger partial charge in [0.2, 0.25) is 0 Å². The SMILES string of the molecule is NCC1CCCc2sc(C3COc4ccccc43)nc21. The minimum Gasteiger partial charge on any atom is -0.492 e. The molecule has 1 aromatic carbocycles. The van der Waals surface area contributed by atoms with Gasteiger partial charge in [-0.2, -0.15) is 0 Å². The molecule has 3 nitrogen and oxygen atoms in total. The standard InChI is InChI=1S/C16H18N2OS/c17-8-10-4-3-7-14-15(10)18-16(20-14)12-9-19-13-6-2-1-5-11(12)13/h1-2,5-6,10,12H,3-4,7-9,17H2. The summed E-state index contributed by atoms with van der Waals surface area (Å²) in [4.78, 5) is 6.39. The Labute approximate surface area is 122 Å². The van der Waals surface area contributed by atoms with E-state index in [1.807, 2.05) is 23.5 Å². The zero-order valence-corrected chi connectivity index (χ0v) is 12.2. The summed E-state index contributed by atoms with van der Waals surface area (Å²) in [5.41, 5.74) is 8.44. The first-order valence-electron chi connectivity index (χ1n) is 7.28. The summed E-state index contributed by atoms with van der Waals surface area (Å²) in [6.07, 6.45) is 3.59. The van der Waals surface area contributed by atoms with Gasteiger partial charge >= 0.3 is 0 Å². The zero-order valence-electron chi connectivity index (χ0n) is 11.3. The number of aryl methyl sites for hydroxylation is 1. The maximum absolute atomic E-state index is 5.90. The zero-order chi connectivity index (χ0) is 13.5. The normalized spacial score (nSPS) is 24.1. The average Bonchev–Trinajstić information content (AvgIpc) is 3.10. The number of hydrogen-bond acceptors (Lipinski definition) is 4. The van der Waals surface area contributed by atoms with Gasteiger partial charge in [-0.1, -0.05) is 18.2 Å². The Morgan fingerprint density at radius 3 is 3.15 bits per heavy atom. The summed E-state index contributed by atoms with van der Waals surface area (Å²) in [6.45, 7) is 1.44. The third-order valence-corrected chi connectivity index (χ3v) is 5.61. The third kappa shape index (κ3) is 1.86.